The van der Waals surface area contributed by atoms with Gasteiger partial charge < -0.3 is 14.9 Å². The summed E-state index contributed by atoms with van der Waals surface area (Å²) in [6.45, 7) is 6.79. The molecule has 0 atom stereocenters. The molecule has 0 unspecified atom stereocenters. The lowest BCUT2D eigenvalue weighted by atomic mass is 9.97. The highest BCUT2D eigenvalue weighted by Gasteiger charge is 2.21. The number of hydrogen-bond donors (Lipinski definition) is 2. The Labute approximate surface area is 94.0 Å². The molecule has 0 fully saturated rings. The standard InChI is InChI=1S/C10H17N3O3/c1-10(2,3)9-12-7(13-16-9)6-11-5-4-8(14)15/h11H,4-6H2,1-3H3,(H,14,15). The number of nitrogens with zero attached hydrogens (tertiary/aromatic N) is 2. The van der Waals surface area contributed by atoms with Crippen LogP contribution in [0, 0.1) is 0 Å². The molecule has 1 aromatic heterocycles. The third-order valence-electron chi connectivity index (χ3n) is 1.91. The Morgan fingerprint density at radius 3 is 2.69 bits per heavy atom. The van der Waals surface area contributed by atoms with Crippen molar-refractivity contribution in [1.29, 1.82) is 0 Å². The van der Waals surface area contributed by atoms with Gasteiger partial charge in [-0.25, -0.2) is 0 Å². The average molecular weight is 227 g/mol. The van der Waals surface area contributed by atoms with Gasteiger partial charge in [0.2, 0.25) is 5.89 Å². The maximum Gasteiger partial charge on any atom is 0.304 e. The Hall–Kier alpha value is -1.43. The van der Waals surface area contributed by atoms with Crippen LogP contribution in [0.25, 0.3) is 0 Å². The minimum atomic E-state index is -0.823. The van der Waals surface area contributed by atoms with E-state index in [2.05, 4.69) is 15.5 Å². The van der Waals surface area contributed by atoms with Crippen molar-refractivity contribution in [1.82, 2.24) is 15.5 Å². The lowest BCUT2D eigenvalue weighted by Crippen LogP contribution is -2.18. The van der Waals surface area contributed by atoms with Crippen molar-refractivity contribution in [3.8, 4) is 0 Å². The highest BCUT2D eigenvalue weighted by molar-refractivity contribution is 5.66. The zero-order valence-electron chi connectivity index (χ0n) is 9.78. The summed E-state index contributed by atoms with van der Waals surface area (Å²) in [7, 11) is 0. The highest BCUT2D eigenvalue weighted by Crippen LogP contribution is 2.19. The summed E-state index contributed by atoms with van der Waals surface area (Å²) >= 11 is 0. The fourth-order valence-corrected chi connectivity index (χ4v) is 1.03. The number of carbonyl (C=O) groups is 1. The lowest BCUT2D eigenvalue weighted by molar-refractivity contribution is -0.136. The van der Waals surface area contributed by atoms with Crippen LogP contribution in [0.5, 0.6) is 0 Å². The molecule has 0 radical (unpaired) electrons. The van der Waals surface area contributed by atoms with Gasteiger partial charge in [-0.05, 0) is 0 Å². The predicted molar refractivity (Wildman–Crippen MR) is 57.0 cm³/mol. The van der Waals surface area contributed by atoms with Crippen molar-refractivity contribution in [2.75, 3.05) is 6.54 Å². The van der Waals surface area contributed by atoms with E-state index in [0.29, 0.717) is 24.8 Å². The minimum Gasteiger partial charge on any atom is -0.481 e. The summed E-state index contributed by atoms with van der Waals surface area (Å²) in [6.07, 6.45) is 0.0873. The fraction of sp³-hybridized carbons (Fsp3) is 0.700. The van der Waals surface area contributed by atoms with Crippen LogP contribution in [0.2, 0.25) is 0 Å². The van der Waals surface area contributed by atoms with Gasteiger partial charge in [-0.1, -0.05) is 25.9 Å². The van der Waals surface area contributed by atoms with Crippen molar-refractivity contribution in [2.45, 2.75) is 39.2 Å². The van der Waals surface area contributed by atoms with Gasteiger partial charge in [-0.3, -0.25) is 4.79 Å². The van der Waals surface area contributed by atoms with Crippen LogP contribution in [0.15, 0.2) is 4.52 Å². The van der Waals surface area contributed by atoms with E-state index in [0.717, 1.165) is 0 Å². The Balaban J connectivity index is 2.38. The number of rotatable bonds is 5. The summed E-state index contributed by atoms with van der Waals surface area (Å²) < 4.78 is 5.09. The lowest BCUT2D eigenvalue weighted by Gasteiger charge is -2.10. The summed E-state index contributed by atoms with van der Waals surface area (Å²) in [5.41, 5.74) is -0.160. The third kappa shape index (κ3) is 3.98. The second kappa shape index (κ2) is 5.07. The van der Waals surface area contributed by atoms with Crippen molar-refractivity contribution < 1.29 is 14.4 Å². The van der Waals surface area contributed by atoms with Gasteiger partial charge in [0.25, 0.3) is 0 Å². The van der Waals surface area contributed by atoms with E-state index in [1.165, 1.54) is 0 Å². The van der Waals surface area contributed by atoms with Crippen molar-refractivity contribution in [3.63, 3.8) is 0 Å². The fourth-order valence-electron chi connectivity index (χ4n) is 1.03. The van der Waals surface area contributed by atoms with Gasteiger partial charge in [0, 0.05) is 12.0 Å². The molecule has 1 rings (SSSR count). The Kier molecular flexibility index (Phi) is 4.00. The average Bonchev–Trinajstić information content (AvgIpc) is 2.59. The van der Waals surface area contributed by atoms with E-state index >= 15 is 0 Å². The van der Waals surface area contributed by atoms with E-state index in [4.69, 9.17) is 9.63 Å². The van der Waals surface area contributed by atoms with Gasteiger partial charge in [0.15, 0.2) is 5.82 Å². The molecule has 0 saturated heterocycles. The molecule has 2 N–H and O–H groups in total. The SMILES string of the molecule is CC(C)(C)c1nc(CNCCC(=O)O)no1. The first-order valence-electron chi connectivity index (χ1n) is 5.15. The van der Waals surface area contributed by atoms with Crippen molar-refractivity contribution in [2.24, 2.45) is 0 Å². The molecule has 0 aliphatic heterocycles. The van der Waals surface area contributed by atoms with Crippen LogP contribution in [0.1, 0.15) is 38.9 Å². The first-order valence-corrected chi connectivity index (χ1v) is 5.15. The van der Waals surface area contributed by atoms with Crippen LogP contribution < -0.4 is 5.32 Å². The summed E-state index contributed by atoms with van der Waals surface area (Å²) in [5.74, 6) is 0.314. The first-order chi connectivity index (χ1) is 7.39. The van der Waals surface area contributed by atoms with E-state index < -0.39 is 5.97 Å². The zero-order valence-corrected chi connectivity index (χ0v) is 9.78. The number of nitrogens with one attached hydrogen (secondary N) is 1. The van der Waals surface area contributed by atoms with E-state index in [1.54, 1.807) is 0 Å². The molecule has 0 aliphatic carbocycles. The molecule has 90 valence electrons. The molecule has 16 heavy (non-hydrogen) atoms. The van der Waals surface area contributed by atoms with Crippen LogP contribution >= 0.6 is 0 Å². The molecule has 0 aromatic carbocycles. The van der Waals surface area contributed by atoms with Gasteiger partial charge in [0.05, 0.1) is 13.0 Å². The molecule has 0 spiro atoms. The van der Waals surface area contributed by atoms with E-state index in [9.17, 15) is 4.79 Å². The topological polar surface area (TPSA) is 88.2 Å². The minimum absolute atomic E-state index is 0.0873. The molecular formula is C10H17N3O3. The maximum absolute atomic E-state index is 10.3. The summed E-state index contributed by atoms with van der Waals surface area (Å²) in [6, 6.07) is 0. The highest BCUT2D eigenvalue weighted by atomic mass is 16.5. The molecule has 0 amide bonds. The van der Waals surface area contributed by atoms with Crippen LogP contribution in [0.4, 0.5) is 0 Å². The Morgan fingerprint density at radius 2 is 2.19 bits per heavy atom. The first kappa shape index (κ1) is 12.6. The van der Waals surface area contributed by atoms with Crippen LogP contribution in [0.3, 0.4) is 0 Å². The van der Waals surface area contributed by atoms with Gasteiger partial charge in [-0.15, -0.1) is 0 Å². The smallest absolute Gasteiger partial charge is 0.304 e. The number of carboxylic acids is 1. The largest absolute Gasteiger partial charge is 0.481 e. The zero-order chi connectivity index (χ0) is 12.2. The monoisotopic (exact) mass is 227 g/mol. The number of carboxylic acid groups (broad SMARTS) is 1. The maximum atomic E-state index is 10.3. The van der Waals surface area contributed by atoms with Gasteiger partial charge in [0.1, 0.15) is 0 Å². The molecule has 6 heteroatoms. The molecule has 1 heterocycles. The quantitative estimate of drug-likeness (QED) is 0.727. The molecule has 6 nitrogen and oxygen atoms in total. The predicted octanol–water partition coefficient (Wildman–Crippen LogP) is 0.931. The molecule has 0 saturated carbocycles. The summed E-state index contributed by atoms with van der Waals surface area (Å²) in [4.78, 5) is 14.5. The van der Waals surface area contributed by atoms with Crippen LogP contribution in [-0.2, 0) is 16.8 Å². The van der Waals surface area contributed by atoms with Crippen LogP contribution in [-0.4, -0.2) is 27.8 Å². The molecular weight excluding hydrogens is 210 g/mol. The number of aliphatic carboxylic acids is 1. The second-order valence-electron chi connectivity index (χ2n) is 4.59. The van der Waals surface area contributed by atoms with Gasteiger partial charge in [-0.2, -0.15) is 4.98 Å². The number of aromatic nitrogens is 2. The second-order valence-corrected chi connectivity index (χ2v) is 4.59. The van der Waals surface area contributed by atoms with E-state index in [1.807, 2.05) is 20.8 Å². The van der Waals surface area contributed by atoms with E-state index in [-0.39, 0.29) is 11.8 Å². The Morgan fingerprint density at radius 1 is 1.50 bits per heavy atom. The third-order valence-corrected chi connectivity index (χ3v) is 1.91. The normalized spacial score (nSPS) is 11.7. The Bertz CT molecular complexity index is 354. The summed E-state index contributed by atoms with van der Waals surface area (Å²) in [5, 5.41) is 15.2. The van der Waals surface area contributed by atoms with Crippen molar-refractivity contribution in [3.05, 3.63) is 11.7 Å². The molecule has 0 bridgehead atoms. The van der Waals surface area contributed by atoms with Crippen molar-refractivity contribution >= 4 is 5.97 Å². The molecule has 1 aromatic rings. The van der Waals surface area contributed by atoms with Gasteiger partial charge >= 0.3 is 5.97 Å². The molecule has 0 aliphatic rings. The number of hydrogen-bond acceptors (Lipinski definition) is 5.